The lowest BCUT2D eigenvalue weighted by molar-refractivity contribution is 0.414. The average molecular weight is 299 g/mol. The molecule has 0 aliphatic rings. The summed E-state index contributed by atoms with van der Waals surface area (Å²) in [7, 11) is 1.67. The van der Waals surface area contributed by atoms with Crippen molar-refractivity contribution in [3.8, 4) is 11.5 Å². The van der Waals surface area contributed by atoms with Crippen molar-refractivity contribution in [3.05, 3.63) is 59.2 Å². The summed E-state index contributed by atoms with van der Waals surface area (Å²) in [5, 5.41) is 13.4. The molecule has 0 saturated heterocycles. The van der Waals surface area contributed by atoms with E-state index < -0.39 is 0 Å². The molecule has 0 fully saturated rings. The van der Waals surface area contributed by atoms with E-state index in [2.05, 4.69) is 38.2 Å². The standard InChI is InChI=1S/C19H25NO2/c1-19(2,3)16-8-9-18(21)15(11-16)13-20-12-14-6-5-7-17(10-14)22-4/h5-11,20-21H,12-13H2,1-4H3. The minimum absolute atomic E-state index is 0.0786. The van der Waals surface area contributed by atoms with Gasteiger partial charge in [-0.3, -0.25) is 0 Å². The predicted molar refractivity (Wildman–Crippen MR) is 90.3 cm³/mol. The minimum Gasteiger partial charge on any atom is -0.508 e. The molecule has 3 heteroatoms. The normalized spacial score (nSPS) is 11.5. The SMILES string of the molecule is COc1cccc(CNCc2cc(C(C)(C)C)ccc2O)c1. The third-order valence-corrected chi connectivity index (χ3v) is 3.72. The van der Waals surface area contributed by atoms with Crippen LogP contribution >= 0.6 is 0 Å². The van der Waals surface area contributed by atoms with Crippen LogP contribution in [-0.2, 0) is 18.5 Å². The van der Waals surface area contributed by atoms with Crippen molar-refractivity contribution >= 4 is 0 Å². The molecule has 2 N–H and O–H groups in total. The Kier molecular flexibility index (Phi) is 5.09. The number of phenols is 1. The van der Waals surface area contributed by atoms with E-state index in [-0.39, 0.29) is 5.41 Å². The topological polar surface area (TPSA) is 41.5 Å². The van der Waals surface area contributed by atoms with Gasteiger partial charge in [0.15, 0.2) is 0 Å². The van der Waals surface area contributed by atoms with Crippen LogP contribution in [0.2, 0.25) is 0 Å². The predicted octanol–water partition coefficient (Wildman–Crippen LogP) is 3.99. The van der Waals surface area contributed by atoms with Crippen molar-refractivity contribution in [1.29, 1.82) is 0 Å². The molecule has 0 bridgehead atoms. The highest BCUT2D eigenvalue weighted by molar-refractivity contribution is 5.38. The molecule has 3 nitrogen and oxygen atoms in total. The zero-order chi connectivity index (χ0) is 16.2. The second-order valence-electron chi connectivity index (χ2n) is 6.55. The zero-order valence-electron chi connectivity index (χ0n) is 13.8. The fourth-order valence-corrected chi connectivity index (χ4v) is 2.32. The van der Waals surface area contributed by atoms with Crippen molar-refractivity contribution < 1.29 is 9.84 Å². The van der Waals surface area contributed by atoms with Crippen LogP contribution in [0.1, 0.15) is 37.5 Å². The fourth-order valence-electron chi connectivity index (χ4n) is 2.32. The Morgan fingerprint density at radius 3 is 2.50 bits per heavy atom. The van der Waals surface area contributed by atoms with Crippen LogP contribution in [0.5, 0.6) is 11.5 Å². The molecule has 22 heavy (non-hydrogen) atoms. The van der Waals surface area contributed by atoms with Gasteiger partial charge in [-0.1, -0.05) is 45.0 Å². The lowest BCUT2D eigenvalue weighted by atomic mass is 9.86. The average Bonchev–Trinajstić information content (AvgIpc) is 2.48. The molecule has 0 aliphatic heterocycles. The molecule has 2 rings (SSSR count). The van der Waals surface area contributed by atoms with Gasteiger partial charge in [0.2, 0.25) is 0 Å². The van der Waals surface area contributed by atoms with E-state index in [1.165, 1.54) is 5.56 Å². The highest BCUT2D eigenvalue weighted by atomic mass is 16.5. The fraction of sp³-hybridized carbons (Fsp3) is 0.368. The molecule has 0 aliphatic carbocycles. The lowest BCUT2D eigenvalue weighted by Gasteiger charge is -2.20. The zero-order valence-corrected chi connectivity index (χ0v) is 13.8. The first-order valence-electron chi connectivity index (χ1n) is 7.56. The van der Waals surface area contributed by atoms with Gasteiger partial charge in [-0.15, -0.1) is 0 Å². The summed E-state index contributed by atoms with van der Waals surface area (Å²) < 4.78 is 5.22. The van der Waals surface area contributed by atoms with Crippen LogP contribution in [0.3, 0.4) is 0 Å². The number of aromatic hydroxyl groups is 1. The first kappa shape index (κ1) is 16.4. The van der Waals surface area contributed by atoms with Gasteiger partial charge < -0.3 is 15.2 Å². The molecule has 118 valence electrons. The Hall–Kier alpha value is -2.00. The van der Waals surface area contributed by atoms with Gasteiger partial charge in [0.1, 0.15) is 11.5 Å². The summed E-state index contributed by atoms with van der Waals surface area (Å²) in [6, 6.07) is 13.8. The van der Waals surface area contributed by atoms with Crippen molar-refractivity contribution in [2.24, 2.45) is 0 Å². The van der Waals surface area contributed by atoms with Gasteiger partial charge in [0.05, 0.1) is 7.11 Å². The van der Waals surface area contributed by atoms with E-state index in [4.69, 9.17) is 4.74 Å². The van der Waals surface area contributed by atoms with Gasteiger partial charge in [-0.05, 0) is 34.7 Å². The maximum atomic E-state index is 10.0. The first-order chi connectivity index (χ1) is 10.4. The van der Waals surface area contributed by atoms with E-state index in [0.717, 1.165) is 23.4 Å². The summed E-state index contributed by atoms with van der Waals surface area (Å²) in [4.78, 5) is 0. The lowest BCUT2D eigenvalue weighted by Crippen LogP contribution is -2.15. The van der Waals surface area contributed by atoms with Crippen molar-refractivity contribution in [1.82, 2.24) is 5.32 Å². The van der Waals surface area contributed by atoms with Crippen LogP contribution < -0.4 is 10.1 Å². The molecule has 0 spiro atoms. The molecular weight excluding hydrogens is 274 g/mol. The third kappa shape index (κ3) is 4.25. The highest BCUT2D eigenvalue weighted by Gasteiger charge is 2.15. The number of ether oxygens (including phenoxy) is 1. The number of rotatable bonds is 5. The third-order valence-electron chi connectivity index (χ3n) is 3.72. The highest BCUT2D eigenvalue weighted by Crippen LogP contribution is 2.27. The number of benzene rings is 2. The molecule has 0 unspecified atom stereocenters. The summed E-state index contributed by atoms with van der Waals surface area (Å²) in [6.07, 6.45) is 0. The van der Waals surface area contributed by atoms with Crippen LogP contribution in [-0.4, -0.2) is 12.2 Å². The largest absolute Gasteiger partial charge is 0.508 e. The molecular formula is C19H25NO2. The Morgan fingerprint density at radius 1 is 1.05 bits per heavy atom. The van der Waals surface area contributed by atoms with Gasteiger partial charge in [-0.2, -0.15) is 0 Å². The molecule has 0 heterocycles. The van der Waals surface area contributed by atoms with Gasteiger partial charge >= 0.3 is 0 Å². The summed E-state index contributed by atoms with van der Waals surface area (Å²) in [5.74, 6) is 1.20. The molecule has 0 saturated carbocycles. The maximum Gasteiger partial charge on any atom is 0.120 e. The molecule has 0 amide bonds. The van der Waals surface area contributed by atoms with E-state index in [9.17, 15) is 5.11 Å². The van der Waals surface area contributed by atoms with Crippen LogP contribution in [0, 0.1) is 0 Å². The molecule has 0 aromatic heterocycles. The summed E-state index contributed by atoms with van der Waals surface area (Å²) >= 11 is 0. The van der Waals surface area contributed by atoms with E-state index in [0.29, 0.717) is 12.3 Å². The smallest absolute Gasteiger partial charge is 0.120 e. The van der Waals surface area contributed by atoms with Gasteiger partial charge in [0, 0.05) is 18.7 Å². The van der Waals surface area contributed by atoms with Crippen LogP contribution in [0.4, 0.5) is 0 Å². The number of phenolic OH excluding ortho intramolecular Hbond substituents is 1. The van der Waals surface area contributed by atoms with Crippen molar-refractivity contribution in [2.75, 3.05) is 7.11 Å². The van der Waals surface area contributed by atoms with E-state index in [1.807, 2.05) is 24.3 Å². The Bertz CT molecular complexity index is 630. The summed E-state index contributed by atoms with van der Waals surface area (Å²) in [5.41, 5.74) is 3.39. The number of nitrogens with one attached hydrogen (secondary N) is 1. The van der Waals surface area contributed by atoms with Crippen LogP contribution in [0.25, 0.3) is 0 Å². The summed E-state index contributed by atoms with van der Waals surface area (Å²) in [6.45, 7) is 7.88. The Morgan fingerprint density at radius 2 is 1.82 bits per heavy atom. The van der Waals surface area contributed by atoms with Crippen molar-refractivity contribution in [3.63, 3.8) is 0 Å². The second-order valence-corrected chi connectivity index (χ2v) is 6.55. The number of hydrogen-bond donors (Lipinski definition) is 2. The molecule has 2 aromatic rings. The molecule has 0 radical (unpaired) electrons. The Balaban J connectivity index is 2.02. The minimum atomic E-state index is 0.0786. The quantitative estimate of drug-likeness (QED) is 0.877. The monoisotopic (exact) mass is 299 g/mol. The maximum absolute atomic E-state index is 10.0. The van der Waals surface area contributed by atoms with Gasteiger partial charge in [-0.25, -0.2) is 0 Å². The number of hydrogen-bond acceptors (Lipinski definition) is 3. The number of methoxy groups -OCH3 is 1. The van der Waals surface area contributed by atoms with E-state index >= 15 is 0 Å². The van der Waals surface area contributed by atoms with Crippen molar-refractivity contribution in [2.45, 2.75) is 39.3 Å². The molecule has 0 atom stereocenters. The second kappa shape index (κ2) is 6.84. The van der Waals surface area contributed by atoms with Crippen LogP contribution in [0.15, 0.2) is 42.5 Å². The van der Waals surface area contributed by atoms with Gasteiger partial charge in [0.25, 0.3) is 0 Å². The Labute approximate surface area is 133 Å². The first-order valence-corrected chi connectivity index (χ1v) is 7.56. The van der Waals surface area contributed by atoms with E-state index in [1.54, 1.807) is 13.2 Å². The molecule has 2 aromatic carbocycles.